The number of benzene rings is 2. The molecule has 3 rings (SSSR count). The molecule has 1 heterocycles. The number of nitrogens with zero attached hydrogens (tertiary/aromatic N) is 2. The highest BCUT2D eigenvalue weighted by atomic mass is 35.5. The molecule has 5 nitrogen and oxygen atoms in total. The number of thiazole rings is 1. The van der Waals surface area contributed by atoms with E-state index in [9.17, 15) is 13.2 Å². The Morgan fingerprint density at radius 2 is 1.85 bits per heavy atom. The fraction of sp³-hybridized carbons (Fsp3) is 0.158. The van der Waals surface area contributed by atoms with Crippen molar-refractivity contribution in [3.05, 3.63) is 86.6 Å². The van der Waals surface area contributed by atoms with Gasteiger partial charge in [-0.3, -0.25) is 4.79 Å². The van der Waals surface area contributed by atoms with Gasteiger partial charge in [0.25, 0.3) is 5.91 Å². The molecule has 0 unspecified atom stereocenters. The second-order valence-electron chi connectivity index (χ2n) is 6.09. The first-order chi connectivity index (χ1) is 12.8. The van der Waals surface area contributed by atoms with Crippen molar-refractivity contribution in [2.45, 2.75) is 12.3 Å². The van der Waals surface area contributed by atoms with Gasteiger partial charge in [-0.1, -0.05) is 41.9 Å². The summed E-state index contributed by atoms with van der Waals surface area (Å²) in [5.74, 6) is -0.433. The van der Waals surface area contributed by atoms with E-state index in [2.05, 4.69) is 4.99 Å². The Balaban J connectivity index is 1.82. The van der Waals surface area contributed by atoms with Crippen LogP contribution in [0.15, 0.2) is 65.1 Å². The number of amides is 1. The zero-order valence-corrected chi connectivity index (χ0v) is 16.9. The lowest BCUT2D eigenvalue weighted by atomic mass is 10.1. The fourth-order valence-corrected chi connectivity index (χ4v) is 4.23. The Bertz CT molecular complexity index is 1130. The van der Waals surface area contributed by atoms with E-state index >= 15 is 0 Å². The van der Waals surface area contributed by atoms with Gasteiger partial charge in [-0.25, -0.2) is 8.42 Å². The zero-order valence-electron chi connectivity index (χ0n) is 14.5. The SMILES string of the molecule is CS(=O)(=O)Cc1ccc(C(=O)N=c2sccn2Cc2ccccc2Cl)cc1. The van der Waals surface area contributed by atoms with Crippen LogP contribution >= 0.6 is 22.9 Å². The summed E-state index contributed by atoms with van der Waals surface area (Å²) in [6, 6.07) is 14.0. The Kier molecular flexibility index (Phi) is 5.94. The van der Waals surface area contributed by atoms with Gasteiger partial charge in [0.15, 0.2) is 14.6 Å². The molecule has 0 fully saturated rings. The predicted octanol–water partition coefficient (Wildman–Crippen LogP) is 3.54. The molecule has 8 heteroatoms. The van der Waals surface area contributed by atoms with Gasteiger partial charge in [-0.2, -0.15) is 4.99 Å². The summed E-state index contributed by atoms with van der Waals surface area (Å²) in [4.78, 5) is 17.2. The van der Waals surface area contributed by atoms with Crippen LogP contribution in [0.25, 0.3) is 0 Å². The first-order valence-electron chi connectivity index (χ1n) is 8.05. The van der Waals surface area contributed by atoms with Crippen LogP contribution in [0.4, 0.5) is 0 Å². The minimum absolute atomic E-state index is 0.0542. The van der Waals surface area contributed by atoms with Gasteiger partial charge in [0.05, 0.1) is 12.3 Å². The predicted molar refractivity (Wildman–Crippen MR) is 108 cm³/mol. The molecule has 0 aliphatic rings. The number of sulfone groups is 1. The number of carbonyl (C=O) groups is 1. The van der Waals surface area contributed by atoms with Crippen LogP contribution in [0.1, 0.15) is 21.5 Å². The number of carbonyl (C=O) groups excluding carboxylic acids is 1. The molecule has 0 aliphatic carbocycles. The molecular formula is C19H17ClN2O3S2. The van der Waals surface area contributed by atoms with Crippen molar-refractivity contribution in [1.29, 1.82) is 0 Å². The number of rotatable bonds is 5. The summed E-state index contributed by atoms with van der Waals surface area (Å²) in [7, 11) is -3.11. The fourth-order valence-electron chi connectivity index (χ4n) is 2.51. The average Bonchev–Trinajstić information content (AvgIpc) is 3.03. The van der Waals surface area contributed by atoms with Gasteiger partial charge >= 0.3 is 0 Å². The van der Waals surface area contributed by atoms with Crippen LogP contribution in [-0.2, 0) is 22.1 Å². The van der Waals surface area contributed by atoms with Crippen molar-refractivity contribution in [2.75, 3.05) is 6.26 Å². The molecule has 1 amide bonds. The lowest BCUT2D eigenvalue weighted by Gasteiger charge is -2.05. The molecule has 0 saturated heterocycles. The molecular weight excluding hydrogens is 404 g/mol. The topological polar surface area (TPSA) is 68.5 Å². The third-order valence-electron chi connectivity index (χ3n) is 3.79. The molecule has 0 aliphatic heterocycles. The van der Waals surface area contributed by atoms with E-state index in [4.69, 9.17) is 11.6 Å². The van der Waals surface area contributed by atoms with Crippen molar-refractivity contribution in [2.24, 2.45) is 4.99 Å². The van der Waals surface area contributed by atoms with Crippen LogP contribution in [0.5, 0.6) is 0 Å². The molecule has 0 bridgehead atoms. The second-order valence-corrected chi connectivity index (χ2v) is 9.51. The van der Waals surface area contributed by atoms with Crippen LogP contribution in [0.2, 0.25) is 5.02 Å². The van der Waals surface area contributed by atoms with Gasteiger partial charge < -0.3 is 4.57 Å². The zero-order chi connectivity index (χ0) is 19.4. The summed E-state index contributed by atoms with van der Waals surface area (Å²) in [6.45, 7) is 0.516. The van der Waals surface area contributed by atoms with Gasteiger partial charge in [-0.05, 0) is 29.3 Å². The third-order valence-corrected chi connectivity index (χ3v) is 5.81. The Hall–Kier alpha value is -2.22. The van der Waals surface area contributed by atoms with E-state index < -0.39 is 9.84 Å². The van der Waals surface area contributed by atoms with E-state index in [-0.39, 0.29) is 11.7 Å². The van der Waals surface area contributed by atoms with Crippen molar-refractivity contribution in [3.63, 3.8) is 0 Å². The van der Waals surface area contributed by atoms with Crippen molar-refractivity contribution < 1.29 is 13.2 Å². The molecule has 0 N–H and O–H groups in total. The van der Waals surface area contributed by atoms with Crippen LogP contribution in [-0.4, -0.2) is 25.1 Å². The largest absolute Gasteiger partial charge is 0.319 e. The maximum Gasteiger partial charge on any atom is 0.279 e. The molecule has 0 spiro atoms. The number of aromatic nitrogens is 1. The highest BCUT2D eigenvalue weighted by molar-refractivity contribution is 7.89. The van der Waals surface area contributed by atoms with Gasteiger partial charge in [0.2, 0.25) is 0 Å². The van der Waals surface area contributed by atoms with Crippen LogP contribution < -0.4 is 4.80 Å². The molecule has 27 heavy (non-hydrogen) atoms. The first-order valence-corrected chi connectivity index (χ1v) is 11.4. The maximum atomic E-state index is 12.5. The van der Waals surface area contributed by atoms with E-state index in [1.807, 2.05) is 40.4 Å². The van der Waals surface area contributed by atoms with E-state index in [0.29, 0.717) is 27.5 Å². The minimum Gasteiger partial charge on any atom is -0.319 e. The summed E-state index contributed by atoms with van der Waals surface area (Å²) >= 11 is 7.57. The Morgan fingerprint density at radius 3 is 2.52 bits per heavy atom. The van der Waals surface area contributed by atoms with E-state index in [1.54, 1.807) is 24.3 Å². The summed E-state index contributed by atoms with van der Waals surface area (Å²) < 4.78 is 24.6. The molecule has 2 aromatic carbocycles. The van der Waals surface area contributed by atoms with Crippen molar-refractivity contribution in [1.82, 2.24) is 4.57 Å². The standard InChI is InChI=1S/C19H17ClN2O3S2/c1-27(24,25)13-14-6-8-15(9-7-14)18(23)21-19-22(10-11-26-19)12-16-4-2-3-5-17(16)20/h2-11H,12-13H2,1H3. The van der Waals surface area contributed by atoms with Gasteiger partial charge in [-0.15, -0.1) is 11.3 Å². The number of hydrogen-bond donors (Lipinski definition) is 0. The monoisotopic (exact) mass is 420 g/mol. The van der Waals surface area contributed by atoms with Gasteiger partial charge in [0.1, 0.15) is 0 Å². The van der Waals surface area contributed by atoms with Gasteiger partial charge in [0, 0.05) is 28.4 Å². The number of hydrogen-bond acceptors (Lipinski definition) is 4. The number of halogens is 1. The third kappa shape index (κ3) is 5.38. The van der Waals surface area contributed by atoms with Crippen molar-refractivity contribution >= 4 is 38.7 Å². The average molecular weight is 421 g/mol. The quantitative estimate of drug-likeness (QED) is 0.634. The summed E-state index contributed by atoms with van der Waals surface area (Å²) in [5, 5.41) is 2.52. The van der Waals surface area contributed by atoms with E-state index in [1.165, 1.54) is 17.6 Å². The molecule has 1 aromatic heterocycles. The van der Waals surface area contributed by atoms with E-state index in [0.717, 1.165) is 5.56 Å². The summed E-state index contributed by atoms with van der Waals surface area (Å²) in [5.41, 5.74) is 1.99. The molecule has 3 aromatic rings. The highest BCUT2D eigenvalue weighted by Crippen LogP contribution is 2.16. The van der Waals surface area contributed by atoms with Crippen LogP contribution in [0.3, 0.4) is 0 Å². The highest BCUT2D eigenvalue weighted by Gasteiger charge is 2.09. The Labute approximate surface area is 166 Å². The normalized spacial score (nSPS) is 12.3. The lowest BCUT2D eigenvalue weighted by molar-refractivity contribution is 0.0998. The maximum absolute atomic E-state index is 12.5. The minimum atomic E-state index is -3.11. The van der Waals surface area contributed by atoms with Crippen molar-refractivity contribution in [3.8, 4) is 0 Å². The molecule has 0 saturated carbocycles. The smallest absolute Gasteiger partial charge is 0.279 e. The molecule has 0 radical (unpaired) electrons. The lowest BCUT2D eigenvalue weighted by Crippen LogP contribution is -2.17. The second kappa shape index (κ2) is 8.21. The first kappa shape index (κ1) is 19.5. The molecule has 140 valence electrons. The van der Waals surface area contributed by atoms with Crippen LogP contribution in [0, 0.1) is 0 Å². The summed E-state index contributed by atoms with van der Waals surface area (Å²) in [6.07, 6.45) is 3.03. The molecule has 0 atom stereocenters. The Morgan fingerprint density at radius 1 is 1.15 bits per heavy atom.